The van der Waals surface area contributed by atoms with Gasteiger partial charge in [0, 0.05) is 24.1 Å². The van der Waals surface area contributed by atoms with Crippen molar-refractivity contribution in [2.45, 2.75) is 0 Å². The van der Waals surface area contributed by atoms with Crippen LogP contribution in [0.25, 0.3) is 11.4 Å². The smallest absolute Gasteiger partial charge is 0.267 e. The van der Waals surface area contributed by atoms with Gasteiger partial charge in [-0.1, -0.05) is 0 Å². The van der Waals surface area contributed by atoms with Crippen LogP contribution in [-0.2, 0) is 7.05 Å². The largest absolute Gasteiger partial charge is 0.364 e. The lowest BCUT2D eigenvalue weighted by Gasteiger charge is -2.05. The van der Waals surface area contributed by atoms with E-state index >= 15 is 0 Å². The van der Waals surface area contributed by atoms with Crippen molar-refractivity contribution in [2.75, 3.05) is 0 Å². The van der Waals surface area contributed by atoms with Gasteiger partial charge in [0.05, 0.1) is 6.20 Å². The van der Waals surface area contributed by atoms with Crippen LogP contribution in [0.5, 0.6) is 0 Å². The van der Waals surface area contributed by atoms with Gasteiger partial charge in [-0.05, 0) is 11.5 Å². The predicted molar refractivity (Wildman–Crippen MR) is 59.1 cm³/mol. The second-order valence-electron chi connectivity index (χ2n) is 3.14. The second kappa shape index (κ2) is 3.86. The van der Waals surface area contributed by atoms with Gasteiger partial charge >= 0.3 is 0 Å². The molecule has 0 fully saturated rings. The first-order chi connectivity index (χ1) is 7.59. The van der Waals surface area contributed by atoms with E-state index in [9.17, 15) is 9.59 Å². The number of amides is 1. The van der Waals surface area contributed by atoms with E-state index in [1.54, 1.807) is 18.6 Å². The van der Waals surface area contributed by atoms with Crippen LogP contribution >= 0.6 is 11.5 Å². The molecule has 2 aromatic rings. The third-order valence-electron chi connectivity index (χ3n) is 2.08. The Kier molecular flexibility index (Phi) is 2.53. The van der Waals surface area contributed by atoms with E-state index in [-0.39, 0.29) is 11.3 Å². The Morgan fingerprint density at radius 1 is 1.56 bits per heavy atom. The van der Waals surface area contributed by atoms with Gasteiger partial charge in [-0.2, -0.15) is 0 Å². The number of primary amides is 1. The van der Waals surface area contributed by atoms with Crippen molar-refractivity contribution in [3.8, 4) is 11.4 Å². The lowest BCUT2D eigenvalue weighted by Crippen LogP contribution is -2.24. The summed E-state index contributed by atoms with van der Waals surface area (Å²) in [7, 11) is 1.58. The summed E-state index contributed by atoms with van der Waals surface area (Å²) in [6.07, 6.45) is 1.58. The monoisotopic (exact) mass is 236 g/mol. The van der Waals surface area contributed by atoms with Crippen LogP contribution < -0.4 is 11.3 Å². The minimum Gasteiger partial charge on any atom is -0.364 e. The average molecular weight is 236 g/mol. The molecule has 7 heteroatoms. The fourth-order valence-electron chi connectivity index (χ4n) is 1.24. The molecule has 0 aliphatic carbocycles. The van der Waals surface area contributed by atoms with Crippen molar-refractivity contribution in [3.05, 3.63) is 33.7 Å². The van der Waals surface area contributed by atoms with Crippen LogP contribution in [0.3, 0.4) is 0 Å². The van der Waals surface area contributed by atoms with Crippen molar-refractivity contribution < 1.29 is 4.79 Å². The van der Waals surface area contributed by atoms with E-state index in [0.29, 0.717) is 11.4 Å². The summed E-state index contributed by atoms with van der Waals surface area (Å²) in [5, 5.41) is 1.74. The van der Waals surface area contributed by atoms with Crippen LogP contribution in [-0.4, -0.2) is 19.8 Å². The lowest BCUT2D eigenvalue weighted by molar-refractivity contribution is 0.0995. The Morgan fingerprint density at radius 3 is 2.88 bits per heavy atom. The molecule has 0 atom stereocenters. The Balaban J connectivity index is 2.70. The zero-order chi connectivity index (χ0) is 11.7. The van der Waals surface area contributed by atoms with E-state index in [1.165, 1.54) is 16.1 Å². The maximum atomic E-state index is 11.6. The summed E-state index contributed by atoms with van der Waals surface area (Å²) in [6, 6.07) is 1.12. The summed E-state index contributed by atoms with van der Waals surface area (Å²) in [4.78, 5) is 26.6. The average Bonchev–Trinajstić information content (AvgIpc) is 2.74. The number of hydrogen-bond acceptors (Lipinski definition) is 5. The van der Waals surface area contributed by atoms with E-state index < -0.39 is 5.91 Å². The Labute approximate surface area is 94.5 Å². The Morgan fingerprint density at radius 2 is 2.31 bits per heavy atom. The molecule has 6 nitrogen and oxygen atoms in total. The van der Waals surface area contributed by atoms with Crippen LogP contribution in [0.2, 0.25) is 0 Å². The summed E-state index contributed by atoms with van der Waals surface area (Å²) >= 11 is 1.24. The highest BCUT2D eigenvalue weighted by Crippen LogP contribution is 2.16. The molecule has 16 heavy (non-hydrogen) atoms. The van der Waals surface area contributed by atoms with Gasteiger partial charge in [-0.3, -0.25) is 14.2 Å². The van der Waals surface area contributed by atoms with Gasteiger partial charge in [0.25, 0.3) is 11.5 Å². The molecule has 82 valence electrons. The molecule has 2 rings (SSSR count). The fraction of sp³-hybridized carbons (Fsp3) is 0.111. The van der Waals surface area contributed by atoms with E-state index in [0.717, 1.165) is 6.07 Å². The van der Waals surface area contributed by atoms with Gasteiger partial charge < -0.3 is 5.73 Å². The molecular formula is C9H8N4O2S. The molecule has 0 spiro atoms. The molecule has 1 amide bonds. The summed E-state index contributed by atoms with van der Waals surface area (Å²) in [5.41, 5.74) is 5.41. The second-order valence-corrected chi connectivity index (χ2v) is 3.80. The fourth-order valence-corrected chi connectivity index (χ4v) is 1.75. The van der Waals surface area contributed by atoms with E-state index in [4.69, 9.17) is 5.73 Å². The summed E-state index contributed by atoms with van der Waals surface area (Å²) in [5.74, 6) is -0.336. The molecule has 0 radical (unpaired) electrons. The number of carbonyl (C=O) groups excluding carboxylic acids is 1. The standard InChI is InChI=1S/C9H8N4O2S/c1-13-7(14)2-6(8(10)15)12-9(13)5-3-11-16-4-5/h2-4H,1H3,(H2,10,15). The number of hydrogen-bond donors (Lipinski definition) is 1. The SMILES string of the molecule is Cn1c(-c2cnsc2)nc(C(N)=O)cc1=O. The van der Waals surface area contributed by atoms with Gasteiger partial charge in [-0.15, -0.1) is 0 Å². The first-order valence-electron chi connectivity index (χ1n) is 4.37. The number of carbonyl (C=O) groups is 1. The predicted octanol–water partition coefficient (Wildman–Crippen LogP) is 0.00270. The zero-order valence-corrected chi connectivity index (χ0v) is 9.19. The first kappa shape index (κ1) is 10.5. The molecule has 2 aromatic heterocycles. The van der Waals surface area contributed by atoms with Crippen molar-refractivity contribution >= 4 is 17.4 Å². The Bertz CT molecular complexity index is 588. The third kappa shape index (κ3) is 1.72. The molecule has 0 aromatic carbocycles. The highest BCUT2D eigenvalue weighted by molar-refractivity contribution is 7.03. The van der Waals surface area contributed by atoms with E-state index in [2.05, 4.69) is 9.36 Å². The van der Waals surface area contributed by atoms with Crippen LogP contribution in [0.4, 0.5) is 0 Å². The van der Waals surface area contributed by atoms with Crippen molar-refractivity contribution in [2.24, 2.45) is 12.8 Å². The van der Waals surface area contributed by atoms with Crippen LogP contribution in [0.1, 0.15) is 10.5 Å². The molecule has 2 N–H and O–H groups in total. The van der Waals surface area contributed by atoms with Gasteiger partial charge in [-0.25, -0.2) is 9.36 Å². The number of rotatable bonds is 2. The van der Waals surface area contributed by atoms with Gasteiger partial charge in [0.15, 0.2) is 0 Å². The normalized spacial score (nSPS) is 10.3. The first-order valence-corrected chi connectivity index (χ1v) is 5.21. The molecule has 0 aliphatic heterocycles. The molecular weight excluding hydrogens is 228 g/mol. The highest BCUT2D eigenvalue weighted by Gasteiger charge is 2.11. The topological polar surface area (TPSA) is 90.9 Å². The third-order valence-corrected chi connectivity index (χ3v) is 2.66. The van der Waals surface area contributed by atoms with E-state index in [1.807, 2.05) is 0 Å². The molecule has 0 unspecified atom stereocenters. The van der Waals surface area contributed by atoms with Gasteiger partial charge in [0.2, 0.25) is 0 Å². The van der Waals surface area contributed by atoms with Crippen molar-refractivity contribution in [3.63, 3.8) is 0 Å². The van der Waals surface area contributed by atoms with Gasteiger partial charge in [0.1, 0.15) is 11.5 Å². The minimum atomic E-state index is -0.720. The highest BCUT2D eigenvalue weighted by atomic mass is 32.1. The number of nitrogens with two attached hydrogens (primary N) is 1. The quantitative estimate of drug-likeness (QED) is 0.794. The Hall–Kier alpha value is -2.02. The molecule has 2 heterocycles. The number of nitrogens with zero attached hydrogens (tertiary/aromatic N) is 3. The molecule has 0 saturated carbocycles. The zero-order valence-electron chi connectivity index (χ0n) is 8.38. The summed E-state index contributed by atoms with van der Waals surface area (Å²) < 4.78 is 5.26. The maximum Gasteiger partial charge on any atom is 0.267 e. The van der Waals surface area contributed by atoms with Crippen LogP contribution in [0.15, 0.2) is 22.4 Å². The maximum absolute atomic E-state index is 11.6. The molecule has 0 bridgehead atoms. The van der Waals surface area contributed by atoms with Crippen molar-refractivity contribution in [1.82, 2.24) is 13.9 Å². The molecule has 0 saturated heterocycles. The number of aromatic nitrogens is 3. The minimum absolute atomic E-state index is 0.0377. The lowest BCUT2D eigenvalue weighted by atomic mass is 10.3. The summed E-state index contributed by atoms with van der Waals surface area (Å²) in [6.45, 7) is 0. The van der Waals surface area contributed by atoms with Crippen molar-refractivity contribution in [1.29, 1.82) is 0 Å². The molecule has 0 aliphatic rings. The van der Waals surface area contributed by atoms with Crippen LogP contribution in [0, 0.1) is 0 Å².